The molecule has 3 fully saturated rings. The molecule has 1 aromatic heterocycles. The van der Waals surface area contributed by atoms with Gasteiger partial charge in [-0.3, -0.25) is 9.78 Å². The van der Waals surface area contributed by atoms with Crippen LogP contribution in [0.1, 0.15) is 23.3 Å². The highest BCUT2D eigenvalue weighted by molar-refractivity contribution is 6.35. The molecule has 0 spiro atoms. The lowest BCUT2D eigenvalue weighted by atomic mass is 9.84. The summed E-state index contributed by atoms with van der Waals surface area (Å²) in [5, 5.41) is 5.64. The number of benzene rings is 1. The van der Waals surface area contributed by atoms with Crippen LogP contribution in [0.2, 0.25) is 5.02 Å². The Labute approximate surface area is 134 Å². The van der Waals surface area contributed by atoms with Crippen LogP contribution in [-0.4, -0.2) is 41.5 Å². The number of amides is 1. The van der Waals surface area contributed by atoms with Crippen LogP contribution in [0.25, 0.3) is 10.8 Å². The third kappa shape index (κ3) is 2.46. The number of aromatic nitrogens is 1. The molecule has 0 aliphatic carbocycles. The smallest absolute Gasteiger partial charge is 0.270 e. The van der Waals surface area contributed by atoms with Crippen molar-refractivity contribution < 1.29 is 4.79 Å². The van der Waals surface area contributed by atoms with E-state index in [1.807, 2.05) is 18.2 Å². The molecule has 1 amide bonds. The Morgan fingerprint density at radius 1 is 1.32 bits per heavy atom. The first kappa shape index (κ1) is 14.0. The number of hydrogen-bond acceptors (Lipinski definition) is 3. The predicted octanol–water partition coefficient (Wildman–Crippen LogP) is 2.71. The fourth-order valence-electron chi connectivity index (χ4n) is 3.63. The van der Waals surface area contributed by atoms with Gasteiger partial charge in [-0.05, 0) is 44.0 Å². The maximum Gasteiger partial charge on any atom is 0.270 e. The first-order valence-electron chi connectivity index (χ1n) is 7.78. The summed E-state index contributed by atoms with van der Waals surface area (Å²) in [5.74, 6) is 0.513. The Hall–Kier alpha value is -1.65. The van der Waals surface area contributed by atoms with E-state index in [-0.39, 0.29) is 11.9 Å². The van der Waals surface area contributed by atoms with Gasteiger partial charge in [0.15, 0.2) is 0 Å². The van der Waals surface area contributed by atoms with Crippen molar-refractivity contribution in [3.63, 3.8) is 0 Å². The number of nitrogens with zero attached hydrogens (tertiary/aromatic N) is 2. The number of hydrogen-bond donors (Lipinski definition) is 1. The van der Waals surface area contributed by atoms with E-state index in [9.17, 15) is 4.79 Å². The fraction of sp³-hybridized carbons (Fsp3) is 0.412. The van der Waals surface area contributed by atoms with Gasteiger partial charge in [-0.2, -0.15) is 0 Å². The summed E-state index contributed by atoms with van der Waals surface area (Å²) in [6.45, 7) is 3.30. The highest BCUT2D eigenvalue weighted by Crippen LogP contribution is 2.28. The molecule has 3 saturated heterocycles. The summed E-state index contributed by atoms with van der Waals surface area (Å²) < 4.78 is 0. The van der Waals surface area contributed by atoms with E-state index in [0.717, 1.165) is 17.3 Å². The molecule has 4 nitrogen and oxygen atoms in total. The minimum atomic E-state index is -0.0967. The molecule has 22 heavy (non-hydrogen) atoms. The van der Waals surface area contributed by atoms with Crippen molar-refractivity contribution in [2.75, 3.05) is 19.6 Å². The molecular weight excluding hydrogens is 298 g/mol. The maximum atomic E-state index is 12.5. The Balaban J connectivity index is 1.56. The van der Waals surface area contributed by atoms with E-state index >= 15 is 0 Å². The van der Waals surface area contributed by atoms with Gasteiger partial charge in [0.25, 0.3) is 5.91 Å². The highest BCUT2D eigenvalue weighted by Gasteiger charge is 2.35. The topological polar surface area (TPSA) is 45.2 Å². The summed E-state index contributed by atoms with van der Waals surface area (Å²) >= 11 is 6.21. The molecule has 114 valence electrons. The van der Waals surface area contributed by atoms with Crippen LogP contribution < -0.4 is 5.32 Å². The van der Waals surface area contributed by atoms with Gasteiger partial charge in [0, 0.05) is 34.6 Å². The summed E-state index contributed by atoms with van der Waals surface area (Å²) in [6, 6.07) is 7.70. The second-order valence-electron chi connectivity index (χ2n) is 6.25. The number of carbonyl (C=O) groups excluding carboxylic acids is 1. The zero-order valence-electron chi connectivity index (χ0n) is 12.3. The Morgan fingerprint density at radius 2 is 2.14 bits per heavy atom. The van der Waals surface area contributed by atoms with Crippen LogP contribution in [0, 0.1) is 5.92 Å². The van der Waals surface area contributed by atoms with Crippen LogP contribution in [0.4, 0.5) is 0 Å². The van der Waals surface area contributed by atoms with Crippen molar-refractivity contribution in [2.24, 2.45) is 5.92 Å². The normalized spacial score (nSPS) is 27.0. The van der Waals surface area contributed by atoms with Crippen molar-refractivity contribution in [1.82, 2.24) is 15.2 Å². The molecule has 1 atom stereocenters. The molecule has 1 N–H and O–H groups in total. The van der Waals surface area contributed by atoms with Gasteiger partial charge < -0.3 is 10.2 Å². The molecule has 3 aliphatic heterocycles. The number of rotatable bonds is 2. The molecule has 5 heteroatoms. The lowest BCUT2D eigenvalue weighted by Crippen LogP contribution is -2.57. The highest BCUT2D eigenvalue weighted by atomic mass is 35.5. The van der Waals surface area contributed by atoms with Crippen molar-refractivity contribution in [3.8, 4) is 0 Å². The molecule has 2 aromatic rings. The number of pyridine rings is 1. The lowest BCUT2D eigenvalue weighted by Gasteiger charge is -2.44. The largest absolute Gasteiger partial charge is 0.346 e. The van der Waals surface area contributed by atoms with Crippen LogP contribution in [0.15, 0.2) is 30.5 Å². The van der Waals surface area contributed by atoms with Gasteiger partial charge in [-0.25, -0.2) is 0 Å². The molecule has 3 aliphatic rings. The molecule has 2 bridgehead atoms. The monoisotopic (exact) mass is 315 g/mol. The third-order valence-corrected chi connectivity index (χ3v) is 5.25. The van der Waals surface area contributed by atoms with E-state index in [1.54, 1.807) is 12.3 Å². The predicted molar refractivity (Wildman–Crippen MR) is 87.2 cm³/mol. The molecule has 0 unspecified atom stereocenters. The van der Waals surface area contributed by atoms with Crippen LogP contribution in [-0.2, 0) is 0 Å². The van der Waals surface area contributed by atoms with E-state index in [2.05, 4.69) is 15.2 Å². The molecule has 0 saturated carbocycles. The van der Waals surface area contributed by atoms with Crippen molar-refractivity contribution in [3.05, 3.63) is 41.2 Å². The zero-order valence-corrected chi connectivity index (χ0v) is 13.0. The average molecular weight is 316 g/mol. The van der Waals surface area contributed by atoms with E-state index in [4.69, 9.17) is 11.6 Å². The van der Waals surface area contributed by atoms with E-state index < -0.39 is 0 Å². The lowest BCUT2D eigenvalue weighted by molar-refractivity contribution is 0.0618. The average Bonchev–Trinajstić information content (AvgIpc) is 2.56. The minimum absolute atomic E-state index is 0.0967. The van der Waals surface area contributed by atoms with Gasteiger partial charge >= 0.3 is 0 Å². The van der Waals surface area contributed by atoms with Crippen LogP contribution in [0.5, 0.6) is 0 Å². The first-order chi connectivity index (χ1) is 10.7. The molecule has 4 heterocycles. The summed E-state index contributed by atoms with van der Waals surface area (Å²) in [5.41, 5.74) is 0.442. The SMILES string of the molecule is O=C(N[C@H]1CN2CCC1CC2)c1cc2c(Cl)cccc2cn1. The van der Waals surface area contributed by atoms with Gasteiger partial charge in [0.1, 0.15) is 5.69 Å². The first-order valence-corrected chi connectivity index (χ1v) is 8.16. The van der Waals surface area contributed by atoms with E-state index in [0.29, 0.717) is 16.6 Å². The maximum absolute atomic E-state index is 12.5. The van der Waals surface area contributed by atoms with Gasteiger partial charge in [-0.15, -0.1) is 0 Å². The molecule has 0 radical (unpaired) electrons. The van der Waals surface area contributed by atoms with Gasteiger partial charge in [0.05, 0.1) is 0 Å². The standard InChI is InChI=1S/C17H18ClN3O/c18-14-3-1-2-12-9-19-15(8-13(12)14)17(22)20-16-10-21-6-4-11(16)5-7-21/h1-3,8-9,11,16H,4-7,10H2,(H,20,22)/t16-/m0/s1. The molecule has 1 aromatic carbocycles. The second kappa shape index (κ2) is 5.52. The molecule has 5 rings (SSSR count). The van der Waals surface area contributed by atoms with Crippen LogP contribution in [0.3, 0.4) is 0 Å². The summed E-state index contributed by atoms with van der Waals surface area (Å²) in [7, 11) is 0. The number of halogens is 1. The minimum Gasteiger partial charge on any atom is -0.346 e. The van der Waals surface area contributed by atoms with E-state index in [1.165, 1.54) is 25.9 Å². The molecular formula is C17H18ClN3O. The van der Waals surface area contributed by atoms with Crippen LogP contribution >= 0.6 is 11.6 Å². The summed E-state index contributed by atoms with van der Waals surface area (Å²) in [6.07, 6.45) is 4.08. The van der Waals surface area contributed by atoms with Crippen molar-refractivity contribution in [2.45, 2.75) is 18.9 Å². The number of piperidine rings is 3. The quantitative estimate of drug-likeness (QED) is 0.927. The second-order valence-corrected chi connectivity index (χ2v) is 6.66. The number of nitrogens with one attached hydrogen (secondary N) is 1. The van der Waals surface area contributed by atoms with Gasteiger partial charge in [0.2, 0.25) is 0 Å². The Kier molecular flexibility index (Phi) is 3.51. The number of carbonyl (C=O) groups is 1. The van der Waals surface area contributed by atoms with Gasteiger partial charge in [-0.1, -0.05) is 23.7 Å². The van der Waals surface area contributed by atoms with Crippen molar-refractivity contribution >= 4 is 28.3 Å². The zero-order chi connectivity index (χ0) is 15.1. The third-order valence-electron chi connectivity index (χ3n) is 4.92. The number of fused-ring (bicyclic) bond motifs is 4. The van der Waals surface area contributed by atoms with Crippen molar-refractivity contribution in [1.29, 1.82) is 0 Å². The fourth-order valence-corrected chi connectivity index (χ4v) is 3.86. The summed E-state index contributed by atoms with van der Waals surface area (Å²) in [4.78, 5) is 19.2. The Bertz CT molecular complexity index is 725. The Morgan fingerprint density at radius 3 is 2.86 bits per heavy atom.